The Hall–Kier alpha value is -1.58. The Bertz CT molecular complexity index is 403. The van der Waals surface area contributed by atoms with Crippen LogP contribution >= 0.6 is 0 Å². The van der Waals surface area contributed by atoms with E-state index in [1.807, 2.05) is 6.92 Å². The van der Waals surface area contributed by atoms with Crippen molar-refractivity contribution in [1.82, 2.24) is 10.2 Å². The van der Waals surface area contributed by atoms with Crippen LogP contribution in [0.15, 0.2) is 0 Å². The molecule has 1 heterocycles. The SMILES string of the molecule is CC=c1[nH]nc(C(=O)O)c1=CC. The molecule has 1 aromatic rings. The predicted octanol–water partition coefficient (Wildman–Crippen LogP) is -0.291. The quantitative estimate of drug-likeness (QED) is 0.602. The van der Waals surface area contributed by atoms with Gasteiger partial charge < -0.3 is 5.11 Å². The number of nitrogens with zero attached hydrogens (tertiary/aromatic N) is 1. The molecule has 0 fully saturated rings. The Morgan fingerprint density at radius 2 is 2.17 bits per heavy atom. The highest BCUT2D eigenvalue weighted by Crippen LogP contribution is 1.79. The van der Waals surface area contributed by atoms with Gasteiger partial charge in [0.15, 0.2) is 5.69 Å². The molecule has 0 aliphatic heterocycles. The second-order valence-electron chi connectivity index (χ2n) is 2.28. The third-order valence-electron chi connectivity index (χ3n) is 1.61. The molecule has 0 saturated carbocycles. The van der Waals surface area contributed by atoms with Crippen molar-refractivity contribution in [2.24, 2.45) is 0 Å². The maximum Gasteiger partial charge on any atom is 0.357 e. The number of H-pyrrole nitrogens is 1. The second kappa shape index (κ2) is 3.21. The first-order chi connectivity index (χ1) is 5.70. The Labute approximate surface area is 69.2 Å². The maximum atomic E-state index is 10.6. The molecule has 0 unspecified atom stereocenters. The molecular weight excluding hydrogens is 156 g/mol. The highest BCUT2D eigenvalue weighted by atomic mass is 16.4. The van der Waals surface area contributed by atoms with E-state index in [4.69, 9.17) is 5.11 Å². The lowest BCUT2D eigenvalue weighted by Crippen LogP contribution is -2.26. The van der Waals surface area contributed by atoms with Gasteiger partial charge in [0.25, 0.3) is 0 Å². The minimum atomic E-state index is -1.01. The summed E-state index contributed by atoms with van der Waals surface area (Å²) in [5.74, 6) is -1.01. The molecule has 0 aliphatic carbocycles. The molecule has 0 bridgehead atoms. The van der Waals surface area contributed by atoms with E-state index in [1.54, 1.807) is 19.1 Å². The van der Waals surface area contributed by atoms with Gasteiger partial charge in [-0.1, -0.05) is 12.2 Å². The first-order valence-corrected chi connectivity index (χ1v) is 3.61. The molecule has 0 amide bonds. The second-order valence-corrected chi connectivity index (χ2v) is 2.28. The van der Waals surface area contributed by atoms with E-state index in [-0.39, 0.29) is 5.69 Å². The number of hydrogen-bond donors (Lipinski definition) is 2. The monoisotopic (exact) mass is 166 g/mol. The highest BCUT2D eigenvalue weighted by molar-refractivity contribution is 5.85. The van der Waals surface area contributed by atoms with Crippen molar-refractivity contribution in [3.8, 4) is 0 Å². The van der Waals surface area contributed by atoms with Crippen molar-refractivity contribution in [2.45, 2.75) is 13.8 Å². The van der Waals surface area contributed by atoms with E-state index in [9.17, 15) is 4.79 Å². The molecule has 0 saturated heterocycles. The lowest BCUT2D eigenvalue weighted by Gasteiger charge is -1.82. The minimum absolute atomic E-state index is 0.0746. The van der Waals surface area contributed by atoms with Crippen LogP contribution in [0.1, 0.15) is 24.3 Å². The topological polar surface area (TPSA) is 66.0 Å². The van der Waals surface area contributed by atoms with Crippen molar-refractivity contribution < 1.29 is 9.90 Å². The van der Waals surface area contributed by atoms with Gasteiger partial charge >= 0.3 is 5.97 Å². The summed E-state index contributed by atoms with van der Waals surface area (Å²) in [5, 5.41) is 16.4. The number of carbonyl (C=O) groups is 1. The maximum absolute atomic E-state index is 10.6. The summed E-state index contributed by atoms with van der Waals surface area (Å²) >= 11 is 0. The van der Waals surface area contributed by atoms with Gasteiger partial charge in [-0.3, -0.25) is 5.10 Å². The summed E-state index contributed by atoms with van der Waals surface area (Å²) in [7, 11) is 0. The van der Waals surface area contributed by atoms with Gasteiger partial charge in [0.05, 0.1) is 5.35 Å². The minimum Gasteiger partial charge on any atom is -0.476 e. The Morgan fingerprint density at radius 3 is 2.58 bits per heavy atom. The van der Waals surface area contributed by atoms with Crippen LogP contribution in [0.25, 0.3) is 12.2 Å². The van der Waals surface area contributed by atoms with E-state index in [0.29, 0.717) is 5.22 Å². The van der Waals surface area contributed by atoms with Crippen molar-refractivity contribution >= 4 is 18.1 Å². The number of aromatic nitrogens is 2. The molecule has 4 nitrogen and oxygen atoms in total. The van der Waals surface area contributed by atoms with Crippen molar-refractivity contribution in [3.63, 3.8) is 0 Å². The van der Waals surface area contributed by atoms with E-state index in [2.05, 4.69) is 10.2 Å². The summed E-state index contributed by atoms with van der Waals surface area (Å²) in [6.45, 7) is 3.61. The van der Waals surface area contributed by atoms with Crippen molar-refractivity contribution in [1.29, 1.82) is 0 Å². The Morgan fingerprint density at radius 1 is 1.50 bits per heavy atom. The molecule has 0 radical (unpaired) electrons. The summed E-state index contributed by atoms with van der Waals surface area (Å²) in [4.78, 5) is 10.6. The molecule has 0 aliphatic rings. The summed E-state index contributed by atoms with van der Waals surface area (Å²) in [6, 6.07) is 0. The summed E-state index contributed by atoms with van der Waals surface area (Å²) in [5.41, 5.74) is 0.0746. The van der Waals surface area contributed by atoms with E-state index < -0.39 is 5.97 Å². The van der Waals surface area contributed by atoms with Crippen LogP contribution in [0.3, 0.4) is 0 Å². The van der Waals surface area contributed by atoms with Gasteiger partial charge in [0.2, 0.25) is 0 Å². The fourth-order valence-electron chi connectivity index (χ4n) is 1.04. The fourth-order valence-corrected chi connectivity index (χ4v) is 1.04. The van der Waals surface area contributed by atoms with Gasteiger partial charge in [-0.2, -0.15) is 5.10 Å². The van der Waals surface area contributed by atoms with Crippen LogP contribution in [-0.4, -0.2) is 21.3 Å². The Balaban J connectivity index is 3.56. The predicted molar refractivity (Wildman–Crippen MR) is 45.1 cm³/mol. The number of carboxylic acid groups (broad SMARTS) is 1. The van der Waals surface area contributed by atoms with Crippen molar-refractivity contribution in [2.75, 3.05) is 0 Å². The number of nitrogens with one attached hydrogen (secondary N) is 1. The van der Waals surface area contributed by atoms with Gasteiger partial charge in [-0.25, -0.2) is 4.79 Å². The van der Waals surface area contributed by atoms with Crippen molar-refractivity contribution in [3.05, 3.63) is 16.3 Å². The first kappa shape index (κ1) is 8.52. The summed E-state index contributed by atoms with van der Waals surface area (Å²) < 4.78 is 0. The molecule has 64 valence electrons. The number of aromatic carboxylic acids is 1. The number of aromatic amines is 1. The van der Waals surface area contributed by atoms with Crippen LogP contribution in [0.4, 0.5) is 0 Å². The van der Waals surface area contributed by atoms with Gasteiger partial charge in [0, 0.05) is 5.22 Å². The largest absolute Gasteiger partial charge is 0.476 e. The lowest BCUT2D eigenvalue weighted by atomic mass is 10.3. The van der Waals surface area contributed by atoms with Gasteiger partial charge in [-0.15, -0.1) is 0 Å². The molecule has 2 N–H and O–H groups in total. The molecule has 0 atom stereocenters. The zero-order valence-corrected chi connectivity index (χ0v) is 6.96. The number of rotatable bonds is 1. The smallest absolute Gasteiger partial charge is 0.357 e. The van der Waals surface area contributed by atoms with Crippen LogP contribution < -0.4 is 10.6 Å². The van der Waals surface area contributed by atoms with E-state index in [0.717, 1.165) is 5.35 Å². The molecular formula is C8H10N2O2. The van der Waals surface area contributed by atoms with Crippen LogP contribution in [0.2, 0.25) is 0 Å². The average Bonchev–Trinajstić information content (AvgIpc) is 2.46. The van der Waals surface area contributed by atoms with Gasteiger partial charge in [0.1, 0.15) is 0 Å². The molecule has 0 aromatic carbocycles. The normalized spacial score (nSPS) is 13.8. The Kier molecular flexibility index (Phi) is 2.28. The highest BCUT2D eigenvalue weighted by Gasteiger charge is 2.07. The average molecular weight is 166 g/mol. The van der Waals surface area contributed by atoms with Crippen LogP contribution in [0, 0.1) is 0 Å². The molecule has 1 aromatic heterocycles. The zero-order chi connectivity index (χ0) is 9.14. The zero-order valence-electron chi connectivity index (χ0n) is 6.96. The first-order valence-electron chi connectivity index (χ1n) is 3.61. The molecule has 12 heavy (non-hydrogen) atoms. The third-order valence-corrected chi connectivity index (χ3v) is 1.61. The fraction of sp³-hybridized carbons (Fsp3) is 0.250. The molecule has 1 rings (SSSR count). The van der Waals surface area contributed by atoms with Crippen LogP contribution in [0.5, 0.6) is 0 Å². The standard InChI is InChI=1S/C8H10N2O2/c1-3-5-6(4-2)9-10-7(5)8(11)12/h3-4,9H,1-2H3,(H,11,12). The molecule has 0 spiro atoms. The lowest BCUT2D eigenvalue weighted by molar-refractivity contribution is 0.0689. The summed E-state index contributed by atoms with van der Waals surface area (Å²) in [6.07, 6.45) is 3.51. The molecule has 4 heteroatoms. The van der Waals surface area contributed by atoms with E-state index >= 15 is 0 Å². The third kappa shape index (κ3) is 1.23. The van der Waals surface area contributed by atoms with Gasteiger partial charge in [-0.05, 0) is 13.8 Å². The number of hydrogen-bond acceptors (Lipinski definition) is 2. The number of carboxylic acids is 1. The van der Waals surface area contributed by atoms with E-state index in [1.165, 1.54) is 0 Å². The van der Waals surface area contributed by atoms with Crippen LogP contribution in [-0.2, 0) is 0 Å².